The van der Waals surface area contributed by atoms with E-state index >= 15 is 0 Å². The fourth-order valence-corrected chi connectivity index (χ4v) is 17.2. The highest BCUT2D eigenvalue weighted by Crippen LogP contribution is 2.48. The number of rotatable bonds is 15. The third kappa shape index (κ3) is 20.7. The molecule has 0 radical (unpaired) electrons. The molecule has 1 fully saturated rings. The number of benzene rings is 10. The lowest BCUT2D eigenvalue weighted by Crippen LogP contribution is -2.36. The first kappa shape index (κ1) is 84.5. The lowest BCUT2D eigenvalue weighted by molar-refractivity contribution is -0.384. The molecule has 4 N–H and O–H groups in total. The molecule has 21 nitrogen and oxygen atoms in total. The number of non-ortho nitro benzene ring substituents is 1. The Morgan fingerprint density at radius 1 is 0.475 bits per heavy atom. The summed E-state index contributed by atoms with van der Waals surface area (Å²) in [6, 6.07) is 62.6. The van der Waals surface area contributed by atoms with Gasteiger partial charge in [-0.15, -0.1) is 0 Å². The minimum atomic E-state index is -0.392. The zero-order valence-corrected chi connectivity index (χ0v) is 75.3. The number of morpholine rings is 1. The number of nitro groups is 1. The minimum absolute atomic E-state index is 0.0218. The number of para-hydroxylation sites is 5. The Morgan fingerprint density at radius 3 is 1.32 bits per heavy atom. The van der Waals surface area contributed by atoms with Crippen molar-refractivity contribution in [3.05, 3.63) is 339 Å². The van der Waals surface area contributed by atoms with Crippen LogP contribution in [0, 0.1) is 27.5 Å². The number of halogens is 5. The highest BCUT2D eigenvalue weighted by atomic mass is 127. The van der Waals surface area contributed by atoms with Crippen LogP contribution in [0.2, 0.25) is 0 Å². The van der Waals surface area contributed by atoms with Crippen LogP contribution in [0.4, 0.5) is 28.6 Å². The molecule has 6 aliphatic heterocycles. The van der Waals surface area contributed by atoms with Gasteiger partial charge in [-0.2, -0.15) is 0 Å². The van der Waals surface area contributed by atoms with E-state index in [4.69, 9.17) is 38.6 Å². The van der Waals surface area contributed by atoms with Crippen molar-refractivity contribution in [3.8, 4) is 68.8 Å². The maximum absolute atomic E-state index is 12.6. The first-order valence-corrected chi connectivity index (χ1v) is 43.5. The van der Waals surface area contributed by atoms with Crippen LogP contribution >= 0.6 is 86.3 Å². The van der Waals surface area contributed by atoms with Gasteiger partial charge >= 0.3 is 0 Å². The van der Waals surface area contributed by atoms with E-state index in [0.717, 1.165) is 188 Å². The standard InChI is InChI=1S/C32H35N5O4.C23H25BrN4O.C13H8BrIO.C13H8BrNO3.C13H10BrNO/c1-21-19-34-28(20-33-21)27(9-10-36(2)3)35-24-7-8-29-23(16-24)15-22-5-4-6-26(32(22)41-29)30-17-25(38)18-31(40-30)37-11-13-39-14-12-37;1-15-13-26-21(14-25-15)20(9-10-28(2)3)27-18-7-8-22-17(12-18)11-16-5-4-6-19(24)23(16)29-22;14-11-3-1-2-8-6-9-7-10(15)4-5-12(9)16-13(8)11;14-11-3-1-2-8-6-9-7-10(15(16)17)4-5-12(9)18-13(8)11;14-11-3-1-2-8-6-9-7-10(15)4-5-12(9)16-13(8)11/h4-8,16-20,27,35H,9-15H2,1-3H3;4-8,12-14,20,27H,9-11H2,1-3H3;1-5,7H,6H2;1-5,7H,6H2;1-5,7H,6,15H2. The fourth-order valence-electron chi connectivity index (χ4n) is 14.7. The molecule has 0 amide bonds. The number of nitrogens with zero attached hydrogens (tertiary/aromatic N) is 8. The molecule has 0 bridgehead atoms. The van der Waals surface area contributed by atoms with Crippen molar-refractivity contribution in [3.63, 3.8) is 0 Å². The summed E-state index contributed by atoms with van der Waals surface area (Å²) in [5.74, 6) is 9.62. The van der Waals surface area contributed by atoms with Gasteiger partial charge in [0.1, 0.15) is 63.3 Å². The van der Waals surface area contributed by atoms with Crippen molar-refractivity contribution < 1.29 is 37.8 Å². The van der Waals surface area contributed by atoms with E-state index in [-0.39, 0.29) is 23.2 Å². The van der Waals surface area contributed by atoms with E-state index in [1.54, 1.807) is 18.2 Å². The molecule has 120 heavy (non-hydrogen) atoms. The third-order valence-electron chi connectivity index (χ3n) is 20.8. The van der Waals surface area contributed by atoms with Crippen LogP contribution in [0.15, 0.2) is 246 Å². The highest BCUT2D eigenvalue weighted by Gasteiger charge is 2.29. The molecule has 0 spiro atoms. The van der Waals surface area contributed by atoms with Gasteiger partial charge in [-0.25, -0.2) is 0 Å². The lowest BCUT2D eigenvalue weighted by atomic mass is 9.96. The Hall–Kier alpha value is -10.6. The SMILES string of the molecule is Brc1cccc2c1Oc1ccc(I)cc1C2.Cc1cnc(C(CCN(C)C)Nc2ccc3c(c2)Cc2cccc(-c4cc(=O)cc(N5CCOCC5)o4)c2O3)cn1.Cc1cnc(C(CCN(C)C)Nc2ccc3c(c2)Cc2cccc(Br)c2O3)cn1.Nc1ccc2c(c1)Cc1cccc(Br)c1O2.O=[N+]([O-])c1ccc2c(c1)Cc1cccc(Br)c1O2. The van der Waals surface area contributed by atoms with Gasteiger partial charge in [-0.1, -0.05) is 60.7 Å². The van der Waals surface area contributed by atoms with E-state index in [1.165, 1.54) is 43.5 Å². The summed E-state index contributed by atoms with van der Waals surface area (Å²) >= 11 is 16.4. The van der Waals surface area contributed by atoms with Gasteiger partial charge in [0, 0.05) is 158 Å². The number of ether oxygens (including phenoxy) is 6. The van der Waals surface area contributed by atoms with E-state index in [2.05, 4.69) is 209 Å². The molecule has 0 aliphatic carbocycles. The van der Waals surface area contributed by atoms with Crippen LogP contribution in [-0.4, -0.2) is 102 Å². The summed E-state index contributed by atoms with van der Waals surface area (Å²) in [6.07, 6.45) is 13.2. The van der Waals surface area contributed by atoms with Crippen LogP contribution in [-0.2, 0) is 36.8 Å². The molecular formula is C94H86Br4IN11O10. The number of hydrogen-bond donors (Lipinski definition) is 3. The van der Waals surface area contributed by atoms with Gasteiger partial charge in [0.05, 0.1) is 88.8 Å². The van der Waals surface area contributed by atoms with Gasteiger partial charge in [-0.3, -0.25) is 34.8 Å². The summed E-state index contributed by atoms with van der Waals surface area (Å²) in [7, 11) is 8.32. The van der Waals surface area contributed by atoms with E-state index in [1.807, 2.05) is 153 Å². The molecular weight excluding hydrogens is 1890 g/mol. The van der Waals surface area contributed by atoms with Crippen LogP contribution in [0.1, 0.15) is 103 Å². The molecule has 3 aromatic heterocycles. The predicted molar refractivity (Wildman–Crippen MR) is 493 cm³/mol. The average Bonchev–Trinajstić information content (AvgIpc) is 0.885. The molecule has 2 unspecified atom stereocenters. The summed E-state index contributed by atoms with van der Waals surface area (Å²) in [4.78, 5) is 47.5. The number of anilines is 4. The van der Waals surface area contributed by atoms with E-state index in [9.17, 15) is 14.9 Å². The Labute approximate surface area is 743 Å². The van der Waals surface area contributed by atoms with E-state index < -0.39 is 4.92 Å². The van der Waals surface area contributed by atoms with Gasteiger partial charge in [0.25, 0.3) is 5.69 Å². The molecule has 9 heterocycles. The van der Waals surface area contributed by atoms with Gasteiger partial charge in [0.2, 0.25) is 0 Å². The molecule has 13 aromatic rings. The average molecular weight is 1980 g/mol. The molecule has 2 atom stereocenters. The number of nitrogens with one attached hydrogen (secondary N) is 2. The second-order valence-electron chi connectivity index (χ2n) is 30.3. The van der Waals surface area contributed by atoms with Crippen molar-refractivity contribution >= 4 is 115 Å². The molecule has 26 heteroatoms. The smallest absolute Gasteiger partial charge is 0.269 e. The minimum Gasteiger partial charge on any atom is -0.456 e. The number of nitrogens with two attached hydrogens (primary N) is 1. The molecule has 10 aromatic carbocycles. The monoisotopic (exact) mass is 1970 g/mol. The Morgan fingerprint density at radius 2 is 0.875 bits per heavy atom. The number of aryl methyl sites for hydroxylation is 2. The summed E-state index contributed by atoms with van der Waals surface area (Å²) < 4.78 is 47.0. The second-order valence-corrected chi connectivity index (χ2v) is 34.9. The number of nitro benzene ring substituents is 1. The van der Waals surface area contributed by atoms with Crippen molar-refractivity contribution in [2.75, 3.05) is 88.9 Å². The van der Waals surface area contributed by atoms with Crippen molar-refractivity contribution in [1.82, 2.24) is 29.7 Å². The van der Waals surface area contributed by atoms with Crippen molar-refractivity contribution in [2.24, 2.45) is 0 Å². The molecule has 0 saturated carbocycles. The number of hydrogen-bond acceptors (Lipinski definition) is 20. The fraction of sp³-hybridized carbons (Fsp3) is 0.223. The first-order chi connectivity index (χ1) is 58.0. The quantitative estimate of drug-likeness (QED) is 0.0374. The predicted octanol–water partition coefficient (Wildman–Crippen LogP) is 22.9. The number of nitrogen functional groups attached to an aromatic ring is 1. The maximum Gasteiger partial charge on any atom is 0.269 e. The maximum atomic E-state index is 12.6. The van der Waals surface area contributed by atoms with Crippen molar-refractivity contribution in [1.29, 1.82) is 0 Å². The highest BCUT2D eigenvalue weighted by molar-refractivity contribution is 14.1. The largest absolute Gasteiger partial charge is 0.456 e. The van der Waals surface area contributed by atoms with Crippen LogP contribution in [0.3, 0.4) is 0 Å². The topological polar surface area (TPSA) is 240 Å². The Bertz CT molecular complexity index is 5890. The summed E-state index contributed by atoms with van der Waals surface area (Å²) in [6.45, 7) is 8.38. The van der Waals surface area contributed by atoms with Gasteiger partial charge in [-0.05, 0) is 263 Å². The zero-order valence-electron chi connectivity index (χ0n) is 66.8. The lowest BCUT2D eigenvalue weighted by Gasteiger charge is -2.28. The Balaban J connectivity index is 0.000000124. The molecule has 1 saturated heterocycles. The first-order valence-electron chi connectivity index (χ1n) is 39.2. The number of aromatic nitrogens is 4. The number of fused-ring (bicyclic) bond motifs is 10. The summed E-state index contributed by atoms with van der Waals surface area (Å²) in [5.41, 5.74) is 24.3. The van der Waals surface area contributed by atoms with Crippen molar-refractivity contribution in [2.45, 2.75) is 70.9 Å². The molecule has 19 rings (SSSR count). The molecule has 6 aliphatic rings. The Kier molecular flexibility index (Phi) is 27.1. The van der Waals surface area contributed by atoms with E-state index in [0.29, 0.717) is 56.5 Å². The van der Waals surface area contributed by atoms with Crippen LogP contribution < -0.4 is 50.4 Å². The molecule has 612 valence electrons. The summed E-state index contributed by atoms with van der Waals surface area (Å²) in [5, 5.41) is 18.1. The van der Waals surface area contributed by atoms with Gasteiger partial charge < -0.3 is 63.9 Å². The second kappa shape index (κ2) is 38.4. The van der Waals surface area contributed by atoms with Crippen LogP contribution in [0.25, 0.3) is 11.3 Å². The zero-order chi connectivity index (χ0) is 83.7. The van der Waals surface area contributed by atoms with Crippen LogP contribution in [0.5, 0.6) is 57.5 Å². The normalized spacial score (nSPS) is 13.6. The third-order valence-corrected chi connectivity index (χ3v) is 24.0. The van der Waals surface area contributed by atoms with Gasteiger partial charge in [0.15, 0.2) is 11.3 Å².